The summed E-state index contributed by atoms with van der Waals surface area (Å²) in [5, 5.41) is 11.6. The molecule has 0 spiro atoms. The summed E-state index contributed by atoms with van der Waals surface area (Å²) in [6.07, 6.45) is 0. The van der Waals surface area contributed by atoms with E-state index in [0.29, 0.717) is 10.2 Å². The standard InChI is InChI=1S/C14H13BrFN3O2/c1-8-2-5-11(13(17)18-21)14(20)19(8)7-9-3-4-10(16)6-12(9)15/h2-6,21H,7H2,1H3,(H2,17,18). The number of halogens is 2. The van der Waals surface area contributed by atoms with Crippen molar-refractivity contribution in [2.45, 2.75) is 13.5 Å². The second-order valence-electron chi connectivity index (χ2n) is 4.50. The first-order valence-electron chi connectivity index (χ1n) is 6.06. The third kappa shape index (κ3) is 3.13. The summed E-state index contributed by atoms with van der Waals surface area (Å²) in [6, 6.07) is 7.47. The average Bonchev–Trinajstić information content (AvgIpc) is 2.44. The van der Waals surface area contributed by atoms with Gasteiger partial charge in [-0.05, 0) is 36.8 Å². The molecule has 0 fully saturated rings. The fraction of sp³-hybridized carbons (Fsp3) is 0.143. The van der Waals surface area contributed by atoms with E-state index in [1.165, 1.54) is 22.8 Å². The molecule has 0 amide bonds. The number of oxime groups is 1. The van der Waals surface area contributed by atoms with Gasteiger partial charge in [0.1, 0.15) is 5.82 Å². The van der Waals surface area contributed by atoms with Crippen LogP contribution in [0.1, 0.15) is 16.8 Å². The summed E-state index contributed by atoms with van der Waals surface area (Å²) in [6.45, 7) is 2.02. The Morgan fingerprint density at radius 2 is 2.14 bits per heavy atom. The lowest BCUT2D eigenvalue weighted by molar-refractivity contribution is 0.318. The zero-order chi connectivity index (χ0) is 15.6. The van der Waals surface area contributed by atoms with Crippen molar-refractivity contribution in [3.63, 3.8) is 0 Å². The van der Waals surface area contributed by atoms with Crippen LogP contribution >= 0.6 is 15.9 Å². The molecule has 110 valence electrons. The first kappa shape index (κ1) is 15.2. The molecule has 5 nitrogen and oxygen atoms in total. The Kier molecular flexibility index (Phi) is 4.42. The third-order valence-corrected chi connectivity index (χ3v) is 3.86. The summed E-state index contributed by atoms with van der Waals surface area (Å²) >= 11 is 3.27. The summed E-state index contributed by atoms with van der Waals surface area (Å²) in [5.41, 5.74) is 6.69. The van der Waals surface area contributed by atoms with Crippen LogP contribution in [0.25, 0.3) is 0 Å². The van der Waals surface area contributed by atoms with Gasteiger partial charge in [-0.1, -0.05) is 27.2 Å². The van der Waals surface area contributed by atoms with Crippen LogP contribution in [-0.2, 0) is 6.54 Å². The lowest BCUT2D eigenvalue weighted by Crippen LogP contribution is -2.31. The molecule has 1 aromatic carbocycles. The molecule has 0 aliphatic heterocycles. The van der Waals surface area contributed by atoms with Gasteiger partial charge in [0.25, 0.3) is 5.56 Å². The smallest absolute Gasteiger partial charge is 0.262 e. The van der Waals surface area contributed by atoms with Gasteiger partial charge in [0.05, 0.1) is 12.1 Å². The molecule has 1 heterocycles. The maximum absolute atomic E-state index is 13.1. The zero-order valence-corrected chi connectivity index (χ0v) is 12.8. The van der Waals surface area contributed by atoms with Gasteiger partial charge >= 0.3 is 0 Å². The monoisotopic (exact) mass is 353 g/mol. The molecule has 2 rings (SSSR count). The van der Waals surface area contributed by atoms with Crippen molar-refractivity contribution in [3.05, 3.63) is 67.8 Å². The number of amidine groups is 1. The van der Waals surface area contributed by atoms with Crippen LogP contribution in [0.2, 0.25) is 0 Å². The number of nitrogens with two attached hydrogens (primary N) is 1. The van der Waals surface area contributed by atoms with Crippen molar-refractivity contribution in [3.8, 4) is 0 Å². The number of rotatable bonds is 3. The largest absolute Gasteiger partial charge is 0.409 e. The van der Waals surface area contributed by atoms with Crippen LogP contribution in [0.15, 0.2) is 44.8 Å². The topological polar surface area (TPSA) is 80.6 Å². The Hall–Kier alpha value is -2.15. The second-order valence-corrected chi connectivity index (χ2v) is 5.35. The van der Waals surface area contributed by atoms with Gasteiger partial charge in [0.2, 0.25) is 0 Å². The maximum Gasteiger partial charge on any atom is 0.262 e. The molecular formula is C14H13BrFN3O2. The second kappa shape index (κ2) is 6.09. The molecule has 0 aliphatic carbocycles. The summed E-state index contributed by atoms with van der Waals surface area (Å²) in [5.74, 6) is -0.605. The van der Waals surface area contributed by atoms with Gasteiger partial charge in [-0.2, -0.15) is 0 Å². The highest BCUT2D eigenvalue weighted by atomic mass is 79.9. The fourth-order valence-corrected chi connectivity index (χ4v) is 2.41. The number of aryl methyl sites for hydroxylation is 1. The highest BCUT2D eigenvalue weighted by Crippen LogP contribution is 2.19. The normalized spacial score (nSPS) is 11.7. The molecule has 3 N–H and O–H groups in total. The average molecular weight is 354 g/mol. The van der Waals surface area contributed by atoms with Gasteiger partial charge in [-0.3, -0.25) is 4.79 Å². The van der Waals surface area contributed by atoms with Gasteiger partial charge < -0.3 is 15.5 Å². The zero-order valence-electron chi connectivity index (χ0n) is 11.2. The fourth-order valence-electron chi connectivity index (χ4n) is 1.94. The van der Waals surface area contributed by atoms with E-state index in [0.717, 1.165) is 5.56 Å². The summed E-state index contributed by atoms with van der Waals surface area (Å²) in [4.78, 5) is 12.4. The van der Waals surface area contributed by atoms with E-state index in [-0.39, 0.29) is 29.3 Å². The molecule has 0 bridgehead atoms. The van der Waals surface area contributed by atoms with Crippen LogP contribution in [0.5, 0.6) is 0 Å². The van der Waals surface area contributed by atoms with Crippen LogP contribution in [0, 0.1) is 12.7 Å². The maximum atomic E-state index is 13.1. The molecule has 0 saturated carbocycles. The highest BCUT2D eigenvalue weighted by molar-refractivity contribution is 9.10. The predicted molar refractivity (Wildman–Crippen MR) is 81.2 cm³/mol. The van der Waals surface area contributed by atoms with Crippen molar-refractivity contribution in [2.24, 2.45) is 10.9 Å². The lowest BCUT2D eigenvalue weighted by Gasteiger charge is -2.13. The Balaban J connectivity index is 2.51. The molecule has 0 saturated heterocycles. The van der Waals surface area contributed by atoms with E-state index in [1.807, 2.05) is 0 Å². The first-order valence-corrected chi connectivity index (χ1v) is 6.85. The Morgan fingerprint density at radius 3 is 2.76 bits per heavy atom. The number of benzene rings is 1. The molecular weight excluding hydrogens is 341 g/mol. The van der Waals surface area contributed by atoms with Crippen molar-refractivity contribution in [1.82, 2.24) is 4.57 Å². The van der Waals surface area contributed by atoms with Crippen molar-refractivity contribution < 1.29 is 9.60 Å². The molecule has 0 unspecified atom stereocenters. The van der Waals surface area contributed by atoms with Crippen LogP contribution < -0.4 is 11.3 Å². The van der Waals surface area contributed by atoms with E-state index < -0.39 is 0 Å². The minimum Gasteiger partial charge on any atom is -0.409 e. The number of nitrogens with zero attached hydrogens (tertiary/aromatic N) is 2. The lowest BCUT2D eigenvalue weighted by atomic mass is 10.2. The number of aromatic nitrogens is 1. The van der Waals surface area contributed by atoms with Crippen LogP contribution in [-0.4, -0.2) is 15.6 Å². The van der Waals surface area contributed by atoms with E-state index in [9.17, 15) is 9.18 Å². The number of pyridine rings is 1. The van der Waals surface area contributed by atoms with E-state index in [2.05, 4.69) is 21.1 Å². The van der Waals surface area contributed by atoms with Gasteiger partial charge in [-0.25, -0.2) is 4.39 Å². The molecule has 0 atom stereocenters. The minimum atomic E-state index is -0.374. The van der Waals surface area contributed by atoms with Gasteiger partial charge in [0, 0.05) is 10.2 Å². The van der Waals surface area contributed by atoms with Crippen LogP contribution in [0.4, 0.5) is 4.39 Å². The van der Waals surface area contributed by atoms with Crippen molar-refractivity contribution >= 4 is 21.8 Å². The quantitative estimate of drug-likeness (QED) is 0.384. The Morgan fingerprint density at radius 1 is 1.43 bits per heavy atom. The Bertz CT molecular complexity index is 771. The highest BCUT2D eigenvalue weighted by Gasteiger charge is 2.12. The molecule has 1 aromatic heterocycles. The van der Waals surface area contributed by atoms with Gasteiger partial charge in [-0.15, -0.1) is 0 Å². The summed E-state index contributed by atoms with van der Waals surface area (Å²) < 4.78 is 15.2. The Labute approximate surface area is 128 Å². The first-order chi connectivity index (χ1) is 9.93. The van der Waals surface area contributed by atoms with E-state index >= 15 is 0 Å². The molecule has 0 radical (unpaired) electrons. The molecule has 7 heteroatoms. The van der Waals surface area contributed by atoms with E-state index in [4.69, 9.17) is 10.9 Å². The number of hydrogen-bond acceptors (Lipinski definition) is 3. The predicted octanol–water partition coefficient (Wildman–Crippen LogP) is 2.20. The van der Waals surface area contributed by atoms with Crippen molar-refractivity contribution in [1.29, 1.82) is 0 Å². The van der Waals surface area contributed by atoms with E-state index in [1.54, 1.807) is 19.1 Å². The molecule has 2 aromatic rings. The summed E-state index contributed by atoms with van der Waals surface area (Å²) in [7, 11) is 0. The SMILES string of the molecule is Cc1ccc(/C(N)=N/O)c(=O)n1Cc1ccc(F)cc1Br. The third-order valence-electron chi connectivity index (χ3n) is 3.12. The van der Waals surface area contributed by atoms with Gasteiger partial charge in [0.15, 0.2) is 5.84 Å². The van der Waals surface area contributed by atoms with Crippen LogP contribution in [0.3, 0.4) is 0 Å². The number of hydrogen-bond donors (Lipinski definition) is 2. The molecule has 0 aliphatic rings. The van der Waals surface area contributed by atoms with Crippen molar-refractivity contribution in [2.75, 3.05) is 0 Å². The molecule has 21 heavy (non-hydrogen) atoms. The minimum absolute atomic E-state index is 0.112.